The van der Waals surface area contributed by atoms with Crippen LogP contribution >= 0.6 is 0 Å². The van der Waals surface area contributed by atoms with Crippen molar-refractivity contribution in [2.75, 3.05) is 33.3 Å². The summed E-state index contributed by atoms with van der Waals surface area (Å²) >= 11 is 0. The lowest BCUT2D eigenvalue weighted by atomic mass is 10.0. The predicted molar refractivity (Wildman–Crippen MR) is 108 cm³/mol. The minimum atomic E-state index is -0.253. The molecule has 2 amide bonds. The zero-order valence-corrected chi connectivity index (χ0v) is 16.2. The highest BCUT2D eigenvalue weighted by molar-refractivity contribution is 5.96. The monoisotopic (exact) mass is 381 g/mol. The molecule has 148 valence electrons. The van der Waals surface area contributed by atoms with Crippen molar-refractivity contribution in [1.82, 2.24) is 15.5 Å². The molecule has 0 saturated carbocycles. The van der Waals surface area contributed by atoms with Gasteiger partial charge in [-0.15, -0.1) is 0 Å². The van der Waals surface area contributed by atoms with Crippen LogP contribution in [-0.2, 0) is 4.79 Å². The Kier molecular flexibility index (Phi) is 7.03. The molecule has 2 aromatic carbocycles. The van der Waals surface area contributed by atoms with Crippen molar-refractivity contribution in [3.8, 4) is 5.75 Å². The minimum Gasteiger partial charge on any atom is -0.496 e. The molecule has 1 heterocycles. The third-order valence-electron chi connectivity index (χ3n) is 5.02. The fourth-order valence-electron chi connectivity index (χ4n) is 3.56. The number of rotatable bonds is 8. The van der Waals surface area contributed by atoms with E-state index in [-0.39, 0.29) is 24.4 Å². The van der Waals surface area contributed by atoms with Gasteiger partial charge in [-0.05, 0) is 44.1 Å². The zero-order valence-electron chi connectivity index (χ0n) is 16.2. The van der Waals surface area contributed by atoms with Crippen molar-refractivity contribution in [2.24, 2.45) is 0 Å². The van der Waals surface area contributed by atoms with Gasteiger partial charge in [0.05, 0.1) is 19.7 Å². The molecule has 0 radical (unpaired) electrons. The van der Waals surface area contributed by atoms with Gasteiger partial charge in [-0.1, -0.05) is 36.4 Å². The number of ether oxygens (including phenoxy) is 1. The summed E-state index contributed by atoms with van der Waals surface area (Å²) in [4.78, 5) is 26.8. The molecule has 0 aliphatic carbocycles. The van der Waals surface area contributed by atoms with E-state index in [0.29, 0.717) is 12.1 Å². The van der Waals surface area contributed by atoms with Crippen LogP contribution in [-0.4, -0.2) is 50.0 Å². The van der Waals surface area contributed by atoms with E-state index in [9.17, 15) is 9.59 Å². The van der Waals surface area contributed by atoms with E-state index >= 15 is 0 Å². The van der Waals surface area contributed by atoms with Crippen molar-refractivity contribution in [3.05, 3.63) is 65.7 Å². The van der Waals surface area contributed by atoms with Crippen LogP contribution in [0.1, 0.15) is 34.8 Å². The Labute approximate surface area is 165 Å². The Hall–Kier alpha value is -2.86. The molecule has 2 N–H and O–H groups in total. The summed E-state index contributed by atoms with van der Waals surface area (Å²) in [6.07, 6.45) is 2.32. The van der Waals surface area contributed by atoms with Crippen molar-refractivity contribution in [1.29, 1.82) is 0 Å². The van der Waals surface area contributed by atoms with Gasteiger partial charge in [0, 0.05) is 17.7 Å². The summed E-state index contributed by atoms with van der Waals surface area (Å²) in [5.74, 6) is 0.367. The summed E-state index contributed by atoms with van der Waals surface area (Å²) in [5.41, 5.74) is 1.61. The van der Waals surface area contributed by atoms with Gasteiger partial charge in [-0.25, -0.2) is 0 Å². The Morgan fingerprint density at radius 3 is 2.39 bits per heavy atom. The SMILES string of the molecule is COc1ccccc1[C@H](CNC(=O)CNC(=O)c1ccccc1)N1CCCC1. The first kappa shape index (κ1) is 19.9. The van der Waals surface area contributed by atoms with Gasteiger partial charge in [-0.3, -0.25) is 14.5 Å². The molecule has 2 aromatic rings. The van der Waals surface area contributed by atoms with Crippen LogP contribution < -0.4 is 15.4 Å². The molecule has 28 heavy (non-hydrogen) atoms. The Morgan fingerprint density at radius 1 is 1.00 bits per heavy atom. The Bertz CT molecular complexity index is 789. The smallest absolute Gasteiger partial charge is 0.251 e. The number of para-hydroxylation sites is 1. The topological polar surface area (TPSA) is 70.7 Å². The maximum atomic E-state index is 12.3. The fourth-order valence-corrected chi connectivity index (χ4v) is 3.56. The fraction of sp³-hybridized carbons (Fsp3) is 0.364. The lowest BCUT2D eigenvalue weighted by molar-refractivity contribution is -0.120. The second kappa shape index (κ2) is 9.90. The molecule has 3 rings (SSSR count). The van der Waals surface area contributed by atoms with E-state index < -0.39 is 0 Å². The van der Waals surface area contributed by atoms with Crippen LogP contribution in [0.2, 0.25) is 0 Å². The van der Waals surface area contributed by atoms with Gasteiger partial charge in [0.25, 0.3) is 5.91 Å². The first-order chi connectivity index (χ1) is 13.7. The average molecular weight is 381 g/mol. The normalized spacial score (nSPS) is 15.0. The molecule has 0 aromatic heterocycles. The lowest BCUT2D eigenvalue weighted by Crippen LogP contribution is -2.41. The molecule has 1 fully saturated rings. The minimum absolute atomic E-state index is 0.0485. The number of carbonyl (C=O) groups excluding carboxylic acids is 2. The molecular weight excluding hydrogens is 354 g/mol. The number of benzene rings is 2. The molecule has 6 nitrogen and oxygen atoms in total. The third kappa shape index (κ3) is 5.10. The molecule has 1 saturated heterocycles. The van der Waals surface area contributed by atoms with Gasteiger partial charge < -0.3 is 15.4 Å². The van der Waals surface area contributed by atoms with Crippen LogP contribution in [0.25, 0.3) is 0 Å². The summed E-state index contributed by atoms with van der Waals surface area (Å²) in [6.45, 7) is 2.43. The van der Waals surface area contributed by atoms with E-state index in [1.165, 1.54) is 0 Å². The highest BCUT2D eigenvalue weighted by atomic mass is 16.5. The zero-order chi connectivity index (χ0) is 19.8. The molecule has 0 unspecified atom stereocenters. The second-order valence-corrected chi connectivity index (χ2v) is 6.85. The number of amides is 2. The predicted octanol–water partition coefficient (Wildman–Crippen LogP) is 2.38. The van der Waals surface area contributed by atoms with Crippen LogP contribution in [0.15, 0.2) is 54.6 Å². The number of nitrogens with one attached hydrogen (secondary N) is 2. The van der Waals surface area contributed by atoms with Crippen molar-refractivity contribution in [3.63, 3.8) is 0 Å². The van der Waals surface area contributed by atoms with E-state index in [4.69, 9.17) is 4.74 Å². The largest absolute Gasteiger partial charge is 0.496 e. The van der Waals surface area contributed by atoms with Crippen molar-refractivity contribution >= 4 is 11.8 Å². The van der Waals surface area contributed by atoms with Gasteiger partial charge in [-0.2, -0.15) is 0 Å². The second-order valence-electron chi connectivity index (χ2n) is 6.85. The van der Waals surface area contributed by atoms with E-state index in [0.717, 1.165) is 37.2 Å². The van der Waals surface area contributed by atoms with Gasteiger partial charge in [0.2, 0.25) is 5.91 Å². The molecule has 0 spiro atoms. The first-order valence-corrected chi connectivity index (χ1v) is 9.66. The first-order valence-electron chi connectivity index (χ1n) is 9.66. The van der Waals surface area contributed by atoms with Gasteiger partial charge >= 0.3 is 0 Å². The van der Waals surface area contributed by atoms with Crippen LogP contribution in [0.4, 0.5) is 0 Å². The number of carbonyl (C=O) groups is 2. The van der Waals surface area contributed by atoms with Crippen LogP contribution in [0, 0.1) is 0 Å². The highest BCUT2D eigenvalue weighted by Gasteiger charge is 2.26. The highest BCUT2D eigenvalue weighted by Crippen LogP contribution is 2.31. The average Bonchev–Trinajstić information content (AvgIpc) is 3.27. The molecule has 6 heteroatoms. The van der Waals surface area contributed by atoms with Crippen molar-refractivity contribution in [2.45, 2.75) is 18.9 Å². The summed E-state index contributed by atoms with van der Waals surface area (Å²) in [7, 11) is 1.66. The molecule has 1 atom stereocenters. The van der Waals surface area contributed by atoms with Crippen molar-refractivity contribution < 1.29 is 14.3 Å². The number of nitrogens with zero attached hydrogens (tertiary/aromatic N) is 1. The molecule has 1 aliphatic rings. The Balaban J connectivity index is 1.58. The molecule has 0 bridgehead atoms. The lowest BCUT2D eigenvalue weighted by Gasteiger charge is -2.29. The summed E-state index contributed by atoms with van der Waals surface area (Å²) in [5, 5.41) is 5.63. The van der Waals surface area contributed by atoms with E-state index in [2.05, 4.69) is 15.5 Å². The molecule has 1 aliphatic heterocycles. The van der Waals surface area contributed by atoms with Gasteiger partial charge in [0.15, 0.2) is 0 Å². The Morgan fingerprint density at radius 2 is 1.68 bits per heavy atom. The summed E-state index contributed by atoms with van der Waals surface area (Å²) in [6, 6.07) is 16.9. The number of likely N-dealkylation sites (tertiary alicyclic amines) is 1. The maximum Gasteiger partial charge on any atom is 0.251 e. The van der Waals surface area contributed by atoms with Crippen LogP contribution in [0.5, 0.6) is 5.75 Å². The number of hydrogen-bond donors (Lipinski definition) is 2. The van der Waals surface area contributed by atoms with E-state index in [1.807, 2.05) is 30.3 Å². The maximum absolute atomic E-state index is 12.3. The summed E-state index contributed by atoms with van der Waals surface area (Å²) < 4.78 is 5.52. The third-order valence-corrected chi connectivity index (χ3v) is 5.02. The quantitative estimate of drug-likeness (QED) is 0.737. The number of methoxy groups -OCH3 is 1. The number of hydrogen-bond acceptors (Lipinski definition) is 4. The van der Waals surface area contributed by atoms with E-state index in [1.54, 1.807) is 31.4 Å². The van der Waals surface area contributed by atoms with Gasteiger partial charge in [0.1, 0.15) is 5.75 Å². The van der Waals surface area contributed by atoms with Crippen LogP contribution in [0.3, 0.4) is 0 Å². The molecular formula is C22H27N3O3. The standard InChI is InChI=1S/C22H27N3O3/c1-28-20-12-6-5-11-18(20)19(25-13-7-8-14-25)15-23-21(26)16-24-22(27)17-9-3-2-4-10-17/h2-6,9-12,19H,7-8,13-16H2,1H3,(H,23,26)(H,24,27)/t19-/m0/s1.